The van der Waals surface area contributed by atoms with Gasteiger partial charge in [-0.15, -0.1) is 0 Å². The van der Waals surface area contributed by atoms with E-state index in [1.54, 1.807) is 4.90 Å². The van der Waals surface area contributed by atoms with Crippen LogP contribution >= 0.6 is 0 Å². The number of urea groups is 1. The largest absolute Gasteiger partial charge is 0.481 e. The fourth-order valence-electron chi connectivity index (χ4n) is 2.73. The summed E-state index contributed by atoms with van der Waals surface area (Å²) in [7, 11) is 0. The van der Waals surface area contributed by atoms with E-state index in [4.69, 9.17) is 5.11 Å². The Bertz CT molecular complexity index is 542. The van der Waals surface area contributed by atoms with E-state index in [0.717, 1.165) is 18.5 Å². The van der Waals surface area contributed by atoms with Crippen LogP contribution in [0.4, 0.5) is 10.5 Å². The molecule has 0 saturated carbocycles. The smallest absolute Gasteiger partial charge is 0.321 e. The number of anilines is 1. The first kappa shape index (κ1) is 15.4. The van der Waals surface area contributed by atoms with Crippen LogP contribution in [0.2, 0.25) is 0 Å². The van der Waals surface area contributed by atoms with E-state index in [1.807, 2.05) is 18.2 Å². The van der Waals surface area contributed by atoms with Gasteiger partial charge in [0.2, 0.25) is 0 Å². The molecule has 1 unspecified atom stereocenters. The van der Waals surface area contributed by atoms with Crippen LogP contribution in [-0.2, 0) is 17.6 Å². The maximum Gasteiger partial charge on any atom is 0.321 e. The molecule has 0 aliphatic carbocycles. The van der Waals surface area contributed by atoms with Gasteiger partial charge in [0.05, 0.1) is 5.92 Å². The Morgan fingerprint density at radius 1 is 1.29 bits per heavy atom. The zero-order valence-electron chi connectivity index (χ0n) is 12.6. The van der Waals surface area contributed by atoms with Crippen LogP contribution in [0.25, 0.3) is 0 Å². The number of hydrogen-bond acceptors (Lipinski definition) is 2. The molecule has 2 N–H and O–H groups in total. The topological polar surface area (TPSA) is 69.6 Å². The second kappa shape index (κ2) is 6.61. The average molecular weight is 290 g/mol. The summed E-state index contributed by atoms with van der Waals surface area (Å²) in [5.74, 6) is -1.27. The minimum atomic E-state index is -0.828. The number of aryl methyl sites for hydroxylation is 2. The van der Waals surface area contributed by atoms with Gasteiger partial charge < -0.3 is 15.3 Å². The molecule has 21 heavy (non-hydrogen) atoms. The fraction of sp³-hybridized carbons (Fsp3) is 0.500. The van der Waals surface area contributed by atoms with Crippen LogP contribution in [-0.4, -0.2) is 35.1 Å². The summed E-state index contributed by atoms with van der Waals surface area (Å²) in [6.45, 7) is 4.99. The second-order valence-electron chi connectivity index (χ2n) is 5.39. The Labute approximate surface area is 125 Å². The molecule has 5 nitrogen and oxygen atoms in total. The van der Waals surface area contributed by atoms with E-state index in [0.29, 0.717) is 13.0 Å². The first-order valence-corrected chi connectivity index (χ1v) is 7.45. The summed E-state index contributed by atoms with van der Waals surface area (Å²) in [6, 6.07) is 5.73. The number of aliphatic carboxylic acids is 1. The first-order chi connectivity index (χ1) is 10.0. The molecule has 2 amide bonds. The minimum Gasteiger partial charge on any atom is -0.481 e. The summed E-state index contributed by atoms with van der Waals surface area (Å²) in [6.07, 6.45) is 2.43. The molecule has 1 aliphatic rings. The van der Waals surface area contributed by atoms with Crippen LogP contribution in [0.3, 0.4) is 0 Å². The number of carbonyl (C=O) groups excluding carboxylic acids is 1. The van der Waals surface area contributed by atoms with Gasteiger partial charge in [0.25, 0.3) is 0 Å². The Kier molecular flexibility index (Phi) is 4.83. The maximum atomic E-state index is 12.2. The lowest BCUT2D eigenvalue weighted by Crippen LogP contribution is -2.33. The Morgan fingerprint density at radius 3 is 2.57 bits per heavy atom. The molecule has 1 aromatic rings. The van der Waals surface area contributed by atoms with Crippen molar-refractivity contribution in [3.8, 4) is 0 Å². The number of benzene rings is 1. The van der Waals surface area contributed by atoms with Crippen LogP contribution in [0.5, 0.6) is 0 Å². The summed E-state index contributed by atoms with van der Waals surface area (Å²) < 4.78 is 0. The van der Waals surface area contributed by atoms with Crippen molar-refractivity contribution in [2.24, 2.45) is 5.92 Å². The highest BCUT2D eigenvalue weighted by Crippen LogP contribution is 2.20. The molecule has 114 valence electrons. The molecule has 1 saturated heterocycles. The average Bonchev–Trinajstić information content (AvgIpc) is 2.97. The van der Waals surface area contributed by atoms with Crippen molar-refractivity contribution in [1.29, 1.82) is 0 Å². The molecule has 0 aromatic heterocycles. The third-order valence-corrected chi connectivity index (χ3v) is 4.04. The van der Waals surface area contributed by atoms with Crippen molar-refractivity contribution in [2.75, 3.05) is 18.4 Å². The Balaban J connectivity index is 2.02. The SMILES string of the molecule is CCc1ccc(NC(=O)N2CCC(C(=O)O)C2)cc1CC. The lowest BCUT2D eigenvalue weighted by Gasteiger charge is -2.17. The zero-order chi connectivity index (χ0) is 15.4. The predicted molar refractivity (Wildman–Crippen MR) is 81.5 cm³/mol. The number of amides is 2. The summed E-state index contributed by atoms with van der Waals surface area (Å²) in [5, 5.41) is 11.8. The van der Waals surface area contributed by atoms with Gasteiger partial charge in [-0.2, -0.15) is 0 Å². The van der Waals surface area contributed by atoms with Gasteiger partial charge in [0.1, 0.15) is 0 Å². The van der Waals surface area contributed by atoms with Gasteiger partial charge in [-0.3, -0.25) is 4.79 Å². The van der Waals surface area contributed by atoms with Crippen molar-refractivity contribution < 1.29 is 14.7 Å². The summed E-state index contributed by atoms with van der Waals surface area (Å²) in [5.41, 5.74) is 3.30. The van der Waals surface area contributed by atoms with E-state index in [9.17, 15) is 9.59 Å². The number of carbonyl (C=O) groups is 2. The molecule has 5 heteroatoms. The third-order valence-electron chi connectivity index (χ3n) is 4.04. The number of hydrogen-bond donors (Lipinski definition) is 2. The van der Waals surface area contributed by atoms with Gasteiger partial charge in [-0.05, 0) is 42.5 Å². The number of nitrogens with one attached hydrogen (secondary N) is 1. The van der Waals surface area contributed by atoms with Crippen LogP contribution < -0.4 is 5.32 Å². The monoisotopic (exact) mass is 290 g/mol. The molecule has 1 aromatic carbocycles. The number of likely N-dealkylation sites (tertiary alicyclic amines) is 1. The normalized spacial score (nSPS) is 17.8. The molecule has 2 rings (SSSR count). The standard InChI is InChI=1S/C16H22N2O3/c1-3-11-5-6-14(9-12(11)4-2)17-16(21)18-8-7-13(10-18)15(19)20/h5-6,9,13H,3-4,7-8,10H2,1-2H3,(H,17,21)(H,19,20). The molecule has 1 atom stereocenters. The van der Waals surface area contributed by atoms with Crippen LogP contribution in [0.15, 0.2) is 18.2 Å². The minimum absolute atomic E-state index is 0.218. The molecule has 1 fully saturated rings. The lowest BCUT2D eigenvalue weighted by atomic mass is 10.0. The number of rotatable bonds is 4. The van der Waals surface area contributed by atoms with Gasteiger partial charge in [-0.25, -0.2) is 4.79 Å². The van der Waals surface area contributed by atoms with Gasteiger partial charge >= 0.3 is 12.0 Å². The van der Waals surface area contributed by atoms with E-state index in [2.05, 4.69) is 19.2 Å². The van der Waals surface area contributed by atoms with Crippen LogP contribution in [0.1, 0.15) is 31.4 Å². The number of carboxylic acid groups (broad SMARTS) is 1. The predicted octanol–water partition coefficient (Wildman–Crippen LogP) is 2.75. The van der Waals surface area contributed by atoms with E-state index < -0.39 is 11.9 Å². The molecular formula is C16H22N2O3. The first-order valence-electron chi connectivity index (χ1n) is 7.45. The highest BCUT2D eigenvalue weighted by Gasteiger charge is 2.30. The quantitative estimate of drug-likeness (QED) is 0.895. The van der Waals surface area contributed by atoms with Gasteiger partial charge in [0, 0.05) is 18.8 Å². The maximum absolute atomic E-state index is 12.2. The highest BCUT2D eigenvalue weighted by molar-refractivity contribution is 5.90. The molecule has 1 heterocycles. The highest BCUT2D eigenvalue weighted by atomic mass is 16.4. The summed E-state index contributed by atoms with van der Waals surface area (Å²) in [4.78, 5) is 24.7. The van der Waals surface area contributed by atoms with Crippen molar-refractivity contribution in [1.82, 2.24) is 4.90 Å². The van der Waals surface area contributed by atoms with E-state index in [1.165, 1.54) is 11.1 Å². The zero-order valence-corrected chi connectivity index (χ0v) is 12.6. The number of carboxylic acids is 1. The van der Waals surface area contributed by atoms with E-state index >= 15 is 0 Å². The molecule has 0 bridgehead atoms. The van der Waals surface area contributed by atoms with Crippen molar-refractivity contribution in [2.45, 2.75) is 33.1 Å². The molecule has 0 spiro atoms. The van der Waals surface area contributed by atoms with E-state index in [-0.39, 0.29) is 12.6 Å². The number of nitrogens with zero attached hydrogens (tertiary/aromatic N) is 1. The summed E-state index contributed by atoms with van der Waals surface area (Å²) >= 11 is 0. The molecule has 1 aliphatic heterocycles. The van der Waals surface area contributed by atoms with Crippen molar-refractivity contribution in [3.63, 3.8) is 0 Å². The van der Waals surface area contributed by atoms with Gasteiger partial charge in [0.15, 0.2) is 0 Å². The Hall–Kier alpha value is -2.04. The third kappa shape index (κ3) is 3.54. The Morgan fingerprint density at radius 2 is 2.00 bits per heavy atom. The van der Waals surface area contributed by atoms with Crippen molar-refractivity contribution >= 4 is 17.7 Å². The second-order valence-corrected chi connectivity index (χ2v) is 5.39. The fourth-order valence-corrected chi connectivity index (χ4v) is 2.73. The van der Waals surface area contributed by atoms with Crippen molar-refractivity contribution in [3.05, 3.63) is 29.3 Å². The van der Waals surface area contributed by atoms with Gasteiger partial charge in [-0.1, -0.05) is 19.9 Å². The van der Waals surface area contributed by atoms with Crippen LogP contribution in [0, 0.1) is 5.92 Å². The molecular weight excluding hydrogens is 268 g/mol. The molecule has 0 radical (unpaired) electrons. The lowest BCUT2D eigenvalue weighted by molar-refractivity contribution is -0.141.